The molecule has 25 heavy (non-hydrogen) atoms. The minimum absolute atomic E-state index is 0.0602. The predicted molar refractivity (Wildman–Crippen MR) is 110 cm³/mol. The molecular weight excluding hydrogens is 376 g/mol. The Morgan fingerprint density at radius 2 is 1.84 bits per heavy atom. The number of fused-ring (bicyclic) bond motifs is 1. The van der Waals surface area contributed by atoms with E-state index in [9.17, 15) is 4.79 Å². The van der Waals surface area contributed by atoms with E-state index < -0.39 is 0 Å². The van der Waals surface area contributed by atoms with E-state index in [1.807, 2.05) is 29.7 Å². The summed E-state index contributed by atoms with van der Waals surface area (Å²) in [6.07, 6.45) is 1.02. The van der Waals surface area contributed by atoms with Gasteiger partial charge in [-0.3, -0.25) is 4.79 Å². The highest BCUT2D eigenvalue weighted by atomic mass is 79.9. The summed E-state index contributed by atoms with van der Waals surface area (Å²) in [7, 11) is 2.06. The molecule has 0 spiro atoms. The molecular formula is C21H23BrN2O. The van der Waals surface area contributed by atoms with Crippen molar-refractivity contribution < 1.29 is 0 Å². The molecule has 0 unspecified atom stereocenters. The minimum Gasteiger partial charge on any atom is -0.369 e. The lowest BCUT2D eigenvalue weighted by atomic mass is 10.1. The molecule has 0 fully saturated rings. The van der Waals surface area contributed by atoms with Crippen LogP contribution >= 0.6 is 15.9 Å². The number of para-hydroxylation sites is 1. The number of hydrogen-bond donors (Lipinski definition) is 0. The summed E-state index contributed by atoms with van der Waals surface area (Å²) in [4.78, 5) is 14.7. The van der Waals surface area contributed by atoms with Gasteiger partial charge in [0.05, 0.1) is 11.2 Å². The zero-order valence-electron chi connectivity index (χ0n) is 14.9. The summed E-state index contributed by atoms with van der Waals surface area (Å²) >= 11 is 3.68. The zero-order chi connectivity index (χ0) is 18.0. The van der Waals surface area contributed by atoms with E-state index in [4.69, 9.17) is 0 Å². The fraction of sp³-hybridized carbons (Fsp3) is 0.286. The molecule has 130 valence electrons. The largest absolute Gasteiger partial charge is 0.369 e. The number of benzene rings is 2. The van der Waals surface area contributed by atoms with Crippen molar-refractivity contribution in [2.75, 3.05) is 11.9 Å². The Bertz CT molecular complexity index is 962. The lowest BCUT2D eigenvalue weighted by Crippen LogP contribution is -2.23. The zero-order valence-corrected chi connectivity index (χ0v) is 16.5. The van der Waals surface area contributed by atoms with Crippen LogP contribution in [0, 0.1) is 0 Å². The van der Waals surface area contributed by atoms with Crippen molar-refractivity contribution in [3.05, 3.63) is 74.5 Å². The quantitative estimate of drug-likeness (QED) is 0.605. The first-order valence-electron chi connectivity index (χ1n) is 8.66. The maximum absolute atomic E-state index is 12.5. The Morgan fingerprint density at radius 3 is 2.52 bits per heavy atom. The SMILES string of the molecule is CCc1ccc(N(C)Cc2cc(=O)n(CC)c3ccccc23)c(Br)c1. The van der Waals surface area contributed by atoms with Crippen LogP contribution in [0.15, 0.2) is 57.8 Å². The standard InChI is InChI=1S/C21H23BrN2O/c1-4-15-10-11-20(18(22)12-15)23(3)14-16-13-21(25)24(5-2)19-9-7-6-8-17(16)19/h6-13H,4-5,14H2,1-3H3. The maximum Gasteiger partial charge on any atom is 0.251 e. The van der Waals surface area contributed by atoms with E-state index in [0.717, 1.165) is 33.0 Å². The predicted octanol–water partition coefficient (Wildman–Crippen LogP) is 4.98. The van der Waals surface area contributed by atoms with Crippen LogP contribution < -0.4 is 10.5 Å². The number of anilines is 1. The molecule has 4 heteroatoms. The van der Waals surface area contributed by atoms with Crippen molar-refractivity contribution >= 4 is 32.5 Å². The lowest BCUT2D eigenvalue weighted by Gasteiger charge is -2.23. The van der Waals surface area contributed by atoms with Crippen molar-refractivity contribution in [2.24, 2.45) is 0 Å². The van der Waals surface area contributed by atoms with E-state index in [2.05, 4.69) is 59.1 Å². The van der Waals surface area contributed by atoms with Gasteiger partial charge >= 0.3 is 0 Å². The van der Waals surface area contributed by atoms with Gasteiger partial charge in [0, 0.05) is 36.1 Å². The normalized spacial score (nSPS) is 11.0. The molecule has 3 rings (SSSR count). The van der Waals surface area contributed by atoms with Gasteiger partial charge in [0.25, 0.3) is 5.56 Å². The number of rotatable bonds is 5. The first-order valence-corrected chi connectivity index (χ1v) is 9.45. The maximum atomic E-state index is 12.5. The fourth-order valence-corrected chi connectivity index (χ4v) is 4.01. The van der Waals surface area contributed by atoms with Gasteiger partial charge in [-0.15, -0.1) is 0 Å². The summed E-state index contributed by atoms with van der Waals surface area (Å²) in [6, 6.07) is 16.4. The van der Waals surface area contributed by atoms with Crippen molar-refractivity contribution in [1.29, 1.82) is 0 Å². The van der Waals surface area contributed by atoms with E-state index in [-0.39, 0.29) is 5.56 Å². The molecule has 0 amide bonds. The molecule has 2 aromatic carbocycles. The molecule has 3 nitrogen and oxygen atoms in total. The van der Waals surface area contributed by atoms with Gasteiger partial charge in [0.15, 0.2) is 0 Å². The Morgan fingerprint density at radius 1 is 1.08 bits per heavy atom. The summed E-state index contributed by atoms with van der Waals surface area (Å²) in [6.45, 7) is 5.52. The molecule has 0 saturated carbocycles. The van der Waals surface area contributed by atoms with Crippen LogP contribution in [0.25, 0.3) is 10.9 Å². The van der Waals surface area contributed by atoms with E-state index in [1.54, 1.807) is 6.07 Å². The topological polar surface area (TPSA) is 25.2 Å². The average Bonchev–Trinajstić information content (AvgIpc) is 2.61. The fourth-order valence-electron chi connectivity index (χ4n) is 3.28. The second kappa shape index (κ2) is 7.44. The number of halogens is 1. The number of hydrogen-bond acceptors (Lipinski definition) is 2. The number of pyridine rings is 1. The summed E-state index contributed by atoms with van der Waals surface area (Å²) in [5, 5.41) is 1.14. The minimum atomic E-state index is 0.0602. The van der Waals surface area contributed by atoms with E-state index in [0.29, 0.717) is 13.1 Å². The molecule has 0 bridgehead atoms. The van der Waals surface area contributed by atoms with Crippen LogP contribution in [0.2, 0.25) is 0 Å². The van der Waals surface area contributed by atoms with Gasteiger partial charge in [-0.2, -0.15) is 0 Å². The van der Waals surface area contributed by atoms with Crippen LogP contribution in [0.5, 0.6) is 0 Å². The van der Waals surface area contributed by atoms with Gasteiger partial charge in [-0.1, -0.05) is 31.2 Å². The second-order valence-corrected chi connectivity index (χ2v) is 7.12. The Balaban J connectivity index is 2.02. The number of aryl methyl sites for hydroxylation is 2. The van der Waals surface area contributed by atoms with Gasteiger partial charge < -0.3 is 9.47 Å². The average molecular weight is 399 g/mol. The monoisotopic (exact) mass is 398 g/mol. The first-order chi connectivity index (χ1) is 12.0. The molecule has 0 saturated heterocycles. The van der Waals surface area contributed by atoms with Crippen molar-refractivity contribution in [3.63, 3.8) is 0 Å². The van der Waals surface area contributed by atoms with Crippen molar-refractivity contribution in [2.45, 2.75) is 33.4 Å². The van der Waals surface area contributed by atoms with Crippen molar-refractivity contribution in [3.8, 4) is 0 Å². The highest BCUT2D eigenvalue weighted by Gasteiger charge is 2.12. The molecule has 0 atom stereocenters. The Hall–Kier alpha value is -2.07. The molecule has 1 heterocycles. The highest BCUT2D eigenvalue weighted by Crippen LogP contribution is 2.29. The second-order valence-electron chi connectivity index (χ2n) is 6.26. The van der Waals surface area contributed by atoms with Gasteiger partial charge in [-0.25, -0.2) is 0 Å². The third-order valence-corrected chi connectivity index (χ3v) is 5.30. The molecule has 0 aliphatic rings. The third-order valence-electron chi connectivity index (χ3n) is 4.66. The summed E-state index contributed by atoms with van der Waals surface area (Å²) < 4.78 is 2.91. The molecule has 0 aliphatic carbocycles. The van der Waals surface area contributed by atoms with Crippen molar-refractivity contribution in [1.82, 2.24) is 4.57 Å². The molecule has 1 aromatic heterocycles. The molecule has 3 aromatic rings. The number of nitrogens with zero attached hydrogens (tertiary/aromatic N) is 2. The molecule has 0 radical (unpaired) electrons. The first kappa shape index (κ1) is 17.7. The van der Waals surface area contributed by atoms with Crippen LogP contribution in [-0.4, -0.2) is 11.6 Å². The Kier molecular flexibility index (Phi) is 5.28. The lowest BCUT2D eigenvalue weighted by molar-refractivity contribution is 0.755. The third kappa shape index (κ3) is 3.49. The van der Waals surface area contributed by atoms with Crippen LogP contribution in [0.4, 0.5) is 5.69 Å². The van der Waals surface area contributed by atoms with E-state index in [1.165, 1.54) is 5.56 Å². The van der Waals surface area contributed by atoms with Gasteiger partial charge in [0.1, 0.15) is 0 Å². The van der Waals surface area contributed by atoms with Crippen LogP contribution in [-0.2, 0) is 19.5 Å². The van der Waals surface area contributed by atoms with Crippen LogP contribution in [0.3, 0.4) is 0 Å². The van der Waals surface area contributed by atoms with Gasteiger partial charge in [0.2, 0.25) is 0 Å². The highest BCUT2D eigenvalue weighted by molar-refractivity contribution is 9.10. The number of aromatic nitrogens is 1. The van der Waals surface area contributed by atoms with Gasteiger partial charge in [-0.05, 0) is 58.6 Å². The smallest absolute Gasteiger partial charge is 0.251 e. The molecule has 0 aliphatic heterocycles. The van der Waals surface area contributed by atoms with E-state index >= 15 is 0 Å². The summed E-state index contributed by atoms with van der Waals surface area (Å²) in [5.74, 6) is 0. The molecule has 0 N–H and O–H groups in total. The summed E-state index contributed by atoms with van der Waals surface area (Å²) in [5.41, 5.74) is 4.55. The Labute approximate surface area is 157 Å². The van der Waals surface area contributed by atoms with Crippen LogP contribution in [0.1, 0.15) is 25.0 Å².